The molecule has 1 aliphatic heterocycles. The van der Waals surface area contributed by atoms with Gasteiger partial charge >= 0.3 is 0 Å². The molecule has 0 bridgehead atoms. The van der Waals surface area contributed by atoms with Crippen LogP contribution in [0.25, 0.3) is 0 Å². The van der Waals surface area contributed by atoms with Crippen LogP contribution in [0.15, 0.2) is 12.5 Å². The number of fused-ring (bicyclic) bond motifs is 1. The number of nitrogens with zero attached hydrogens (tertiary/aromatic N) is 3. The van der Waals surface area contributed by atoms with Crippen molar-refractivity contribution >= 4 is 12.2 Å². The van der Waals surface area contributed by atoms with Gasteiger partial charge in [-0.25, -0.2) is 4.98 Å². The Morgan fingerprint density at radius 3 is 2.37 bits per heavy atom. The number of aromatic nitrogens is 2. The summed E-state index contributed by atoms with van der Waals surface area (Å²) < 4.78 is 1.81. The monoisotopic (exact) mass is 263 g/mol. The first-order chi connectivity index (χ1) is 8.91. The highest BCUT2D eigenvalue weighted by molar-refractivity contribution is 5.92. The van der Waals surface area contributed by atoms with Gasteiger partial charge in [0.1, 0.15) is 12.0 Å². The molecule has 1 aromatic rings. The molecule has 1 amide bonds. The van der Waals surface area contributed by atoms with E-state index in [1.807, 2.05) is 16.5 Å². The van der Waals surface area contributed by atoms with Gasteiger partial charge in [-0.15, -0.1) is 0 Å². The predicted molar refractivity (Wildman–Crippen MR) is 71.6 cm³/mol. The maximum atomic E-state index is 12.1. The molecule has 0 spiro atoms. The van der Waals surface area contributed by atoms with Crippen LogP contribution in [0.4, 0.5) is 0 Å². The number of carbonyl (C=O) groups is 2. The summed E-state index contributed by atoms with van der Waals surface area (Å²) in [6, 6.07) is 0. The highest BCUT2D eigenvalue weighted by Gasteiger charge is 2.62. The second kappa shape index (κ2) is 4.79. The topological polar surface area (TPSA) is 55.2 Å². The van der Waals surface area contributed by atoms with Gasteiger partial charge in [-0.05, 0) is 24.2 Å². The summed E-state index contributed by atoms with van der Waals surface area (Å²) >= 11 is 0. The summed E-state index contributed by atoms with van der Waals surface area (Å²) in [5.74, 6) is 1.50. The zero-order valence-electron chi connectivity index (χ0n) is 12.0. The minimum absolute atomic E-state index is 0.0867. The Morgan fingerprint density at radius 2 is 1.95 bits per heavy atom. The molecule has 1 saturated heterocycles. The number of rotatable bonds is 1. The lowest BCUT2D eigenvalue weighted by molar-refractivity contribution is -0.106. The summed E-state index contributed by atoms with van der Waals surface area (Å²) in [7, 11) is 1.88. The van der Waals surface area contributed by atoms with E-state index in [-0.39, 0.29) is 5.91 Å². The molecule has 3 rings (SSSR count). The maximum absolute atomic E-state index is 12.1. The molecule has 5 heteroatoms. The molecule has 104 valence electrons. The fourth-order valence-electron chi connectivity index (χ4n) is 2.98. The standard InChI is InChI=1S/C12H17N3O.C2H4O/c1-12(2)8-4-15(5-9(8)12)11(16)10-6-14(3)7-13-10;1-2-3/h6-9H,4-5H2,1-3H3;2H,1H3. The summed E-state index contributed by atoms with van der Waals surface area (Å²) in [4.78, 5) is 26.9. The van der Waals surface area contributed by atoms with E-state index >= 15 is 0 Å². The van der Waals surface area contributed by atoms with E-state index in [1.54, 1.807) is 12.5 Å². The first-order valence-corrected chi connectivity index (χ1v) is 6.58. The lowest BCUT2D eigenvalue weighted by atomic mass is 10.1. The minimum atomic E-state index is 0.0867. The molecule has 19 heavy (non-hydrogen) atoms. The molecular weight excluding hydrogens is 242 g/mol. The average molecular weight is 263 g/mol. The fraction of sp³-hybridized carbons (Fsp3) is 0.643. The number of aldehydes is 1. The third-order valence-corrected chi connectivity index (χ3v) is 4.33. The predicted octanol–water partition coefficient (Wildman–Crippen LogP) is 1.35. The number of amides is 1. The van der Waals surface area contributed by atoms with Gasteiger partial charge in [0.25, 0.3) is 5.91 Å². The van der Waals surface area contributed by atoms with E-state index in [2.05, 4.69) is 18.8 Å². The molecule has 2 aliphatic rings. The van der Waals surface area contributed by atoms with E-state index in [1.165, 1.54) is 6.92 Å². The molecule has 1 aromatic heterocycles. The second-order valence-electron chi connectivity index (χ2n) is 5.90. The summed E-state index contributed by atoms with van der Waals surface area (Å²) in [5, 5.41) is 0. The van der Waals surface area contributed by atoms with E-state index < -0.39 is 0 Å². The summed E-state index contributed by atoms with van der Waals surface area (Å²) in [6.07, 6.45) is 4.21. The third-order valence-electron chi connectivity index (χ3n) is 4.33. The number of hydrogen-bond donors (Lipinski definition) is 0. The summed E-state index contributed by atoms with van der Waals surface area (Å²) in [6.45, 7) is 7.86. The van der Waals surface area contributed by atoms with Gasteiger partial charge in [0.15, 0.2) is 0 Å². The number of hydrogen-bond acceptors (Lipinski definition) is 3. The van der Waals surface area contributed by atoms with Crippen LogP contribution < -0.4 is 0 Å². The molecule has 2 heterocycles. The van der Waals surface area contributed by atoms with Crippen molar-refractivity contribution in [3.05, 3.63) is 18.2 Å². The number of likely N-dealkylation sites (tertiary alicyclic amines) is 1. The van der Waals surface area contributed by atoms with E-state index in [9.17, 15) is 4.79 Å². The van der Waals surface area contributed by atoms with Crippen LogP contribution >= 0.6 is 0 Å². The van der Waals surface area contributed by atoms with Gasteiger partial charge in [-0.2, -0.15) is 0 Å². The van der Waals surface area contributed by atoms with Crippen molar-refractivity contribution in [3.63, 3.8) is 0 Å². The molecular formula is C14H21N3O2. The van der Waals surface area contributed by atoms with E-state index in [4.69, 9.17) is 4.79 Å². The Kier molecular flexibility index (Phi) is 3.47. The number of piperidine rings is 1. The first kappa shape index (κ1) is 13.8. The van der Waals surface area contributed by atoms with E-state index in [0.29, 0.717) is 22.9 Å². The van der Waals surface area contributed by atoms with Gasteiger partial charge in [0.2, 0.25) is 0 Å². The van der Waals surface area contributed by atoms with Crippen molar-refractivity contribution in [2.45, 2.75) is 20.8 Å². The molecule has 0 N–H and O–H groups in total. The minimum Gasteiger partial charge on any atom is -0.340 e. The lowest BCUT2D eigenvalue weighted by Gasteiger charge is -2.21. The van der Waals surface area contributed by atoms with Crippen molar-refractivity contribution in [2.75, 3.05) is 13.1 Å². The van der Waals surface area contributed by atoms with Crippen LogP contribution in [0.1, 0.15) is 31.3 Å². The highest BCUT2D eigenvalue weighted by Crippen LogP contribution is 2.61. The largest absolute Gasteiger partial charge is 0.340 e. The van der Waals surface area contributed by atoms with E-state index in [0.717, 1.165) is 19.4 Å². The maximum Gasteiger partial charge on any atom is 0.274 e. The lowest BCUT2D eigenvalue weighted by Crippen LogP contribution is -2.33. The third kappa shape index (κ3) is 2.41. The molecule has 0 radical (unpaired) electrons. The highest BCUT2D eigenvalue weighted by atomic mass is 16.2. The van der Waals surface area contributed by atoms with Crippen molar-refractivity contribution in [2.24, 2.45) is 24.3 Å². The molecule has 2 atom stereocenters. The normalized spacial score (nSPS) is 26.2. The summed E-state index contributed by atoms with van der Waals surface area (Å²) in [5.41, 5.74) is 1.03. The van der Waals surface area contributed by atoms with Crippen LogP contribution in [-0.2, 0) is 11.8 Å². The molecule has 1 aliphatic carbocycles. The Hall–Kier alpha value is -1.65. The van der Waals surface area contributed by atoms with Crippen molar-refractivity contribution < 1.29 is 9.59 Å². The Bertz CT molecular complexity index is 479. The first-order valence-electron chi connectivity index (χ1n) is 6.58. The Balaban J connectivity index is 0.000000408. The zero-order chi connectivity index (χ0) is 14.2. The number of aryl methyl sites for hydroxylation is 1. The quantitative estimate of drug-likeness (QED) is 0.719. The van der Waals surface area contributed by atoms with Gasteiger partial charge in [0, 0.05) is 26.3 Å². The van der Waals surface area contributed by atoms with Gasteiger partial charge in [0.05, 0.1) is 6.33 Å². The SMILES string of the molecule is CC=O.Cn1cnc(C(=O)N2CC3C(C2)C3(C)C)c1. The molecule has 2 unspecified atom stereocenters. The van der Waals surface area contributed by atoms with Crippen molar-refractivity contribution in [1.82, 2.24) is 14.5 Å². The van der Waals surface area contributed by atoms with Crippen LogP contribution in [0.3, 0.4) is 0 Å². The fourth-order valence-corrected chi connectivity index (χ4v) is 2.98. The smallest absolute Gasteiger partial charge is 0.274 e. The Labute approximate surface area is 113 Å². The van der Waals surface area contributed by atoms with Crippen LogP contribution in [0.5, 0.6) is 0 Å². The zero-order valence-corrected chi connectivity index (χ0v) is 12.0. The Morgan fingerprint density at radius 1 is 1.42 bits per heavy atom. The van der Waals surface area contributed by atoms with Gasteiger partial charge in [-0.1, -0.05) is 13.8 Å². The second-order valence-corrected chi connectivity index (χ2v) is 5.90. The van der Waals surface area contributed by atoms with Gasteiger partial charge in [-0.3, -0.25) is 4.79 Å². The van der Waals surface area contributed by atoms with Crippen LogP contribution in [0.2, 0.25) is 0 Å². The van der Waals surface area contributed by atoms with Crippen LogP contribution in [-0.4, -0.2) is 39.7 Å². The molecule has 0 aromatic carbocycles. The van der Waals surface area contributed by atoms with Crippen LogP contribution in [0, 0.1) is 17.3 Å². The number of imidazole rings is 1. The van der Waals surface area contributed by atoms with Gasteiger partial charge < -0.3 is 14.3 Å². The average Bonchev–Trinajstić information content (AvgIpc) is 2.82. The number of carbonyl (C=O) groups excluding carboxylic acids is 2. The van der Waals surface area contributed by atoms with Crippen molar-refractivity contribution in [3.8, 4) is 0 Å². The molecule has 2 fully saturated rings. The van der Waals surface area contributed by atoms with Crippen molar-refractivity contribution in [1.29, 1.82) is 0 Å². The molecule has 5 nitrogen and oxygen atoms in total. The molecule has 1 saturated carbocycles.